The van der Waals surface area contributed by atoms with Crippen LogP contribution < -0.4 is 0 Å². The summed E-state index contributed by atoms with van der Waals surface area (Å²) in [5.41, 5.74) is 0.563. The van der Waals surface area contributed by atoms with E-state index < -0.39 is 5.82 Å². The van der Waals surface area contributed by atoms with Crippen molar-refractivity contribution in [1.82, 2.24) is 0 Å². The van der Waals surface area contributed by atoms with Crippen molar-refractivity contribution < 1.29 is 9.18 Å². The predicted molar refractivity (Wildman–Crippen MR) is 63.5 cm³/mol. The van der Waals surface area contributed by atoms with Gasteiger partial charge in [0.15, 0.2) is 5.82 Å². The topological polar surface area (TPSA) is 29.4 Å². The van der Waals surface area contributed by atoms with E-state index in [0.29, 0.717) is 16.3 Å². The lowest BCUT2D eigenvalue weighted by atomic mass is 10.2. The summed E-state index contributed by atoms with van der Waals surface area (Å²) in [6, 6.07) is 1.39. The molecule has 0 fully saturated rings. The van der Waals surface area contributed by atoms with Gasteiger partial charge in [-0.3, -0.25) is 0 Å². The Morgan fingerprint density at radius 1 is 1.69 bits per heavy atom. The maximum absolute atomic E-state index is 13.8. The van der Waals surface area contributed by atoms with Crippen molar-refractivity contribution in [3.05, 3.63) is 22.5 Å². The molecule has 0 N–H and O–H groups in total. The summed E-state index contributed by atoms with van der Waals surface area (Å²) in [6.07, 6.45) is 6.39. The maximum Gasteiger partial charge on any atom is 0.240 e. The largest absolute Gasteiger partial charge is 0.240 e. The van der Waals surface area contributed by atoms with Gasteiger partial charge in [0.2, 0.25) is 6.08 Å². The average molecular weight is 256 g/mol. The Hall–Kier alpha value is -1.27. The van der Waals surface area contributed by atoms with Crippen LogP contribution in [0.2, 0.25) is 5.02 Å². The van der Waals surface area contributed by atoms with Crippen LogP contribution in [0.5, 0.6) is 0 Å². The van der Waals surface area contributed by atoms with Crippen molar-refractivity contribution in [3.8, 4) is 12.3 Å². The Labute approximate surface area is 102 Å². The van der Waals surface area contributed by atoms with E-state index in [0.717, 1.165) is 11.8 Å². The van der Waals surface area contributed by atoms with E-state index in [9.17, 15) is 9.18 Å². The van der Waals surface area contributed by atoms with E-state index in [4.69, 9.17) is 18.0 Å². The van der Waals surface area contributed by atoms with Gasteiger partial charge in [0.1, 0.15) is 5.69 Å². The molecule has 0 spiro atoms. The zero-order valence-electron chi connectivity index (χ0n) is 8.38. The fourth-order valence-electron chi connectivity index (χ4n) is 1.09. The second kappa shape index (κ2) is 5.72. The second-order valence-electron chi connectivity index (χ2n) is 2.87. The fourth-order valence-corrected chi connectivity index (χ4v) is 2.14. The average Bonchev–Trinajstić information content (AvgIpc) is 2.26. The monoisotopic (exact) mass is 255 g/mol. The van der Waals surface area contributed by atoms with Crippen LogP contribution in [0.15, 0.2) is 16.0 Å². The van der Waals surface area contributed by atoms with E-state index in [1.807, 2.05) is 0 Å². The third-order valence-electron chi connectivity index (χ3n) is 1.79. The van der Waals surface area contributed by atoms with Crippen LogP contribution in [0.4, 0.5) is 10.1 Å². The van der Waals surface area contributed by atoms with Gasteiger partial charge in [-0.2, -0.15) is 4.99 Å². The van der Waals surface area contributed by atoms with Crippen molar-refractivity contribution >= 4 is 35.1 Å². The Bertz CT molecular complexity index is 504. The van der Waals surface area contributed by atoms with Crippen LogP contribution in [-0.4, -0.2) is 11.8 Å². The standard InChI is InChI=1S/C11H7ClFNOS/c1-3-4-16-11-9(12)7(2)5-8(10(11)13)14-6-15/h1,5H,4H2,2H3. The lowest BCUT2D eigenvalue weighted by Crippen LogP contribution is -1.89. The lowest BCUT2D eigenvalue weighted by Gasteiger charge is -2.08. The molecule has 5 heteroatoms. The molecule has 16 heavy (non-hydrogen) atoms. The number of rotatable bonds is 3. The summed E-state index contributed by atoms with van der Waals surface area (Å²) >= 11 is 7.03. The van der Waals surface area contributed by atoms with Gasteiger partial charge in [-0.05, 0) is 18.6 Å². The number of nitrogens with zero attached hydrogens (tertiary/aromatic N) is 1. The molecule has 0 unspecified atom stereocenters. The second-order valence-corrected chi connectivity index (χ2v) is 4.23. The highest BCUT2D eigenvalue weighted by Crippen LogP contribution is 2.37. The summed E-state index contributed by atoms with van der Waals surface area (Å²) in [6.45, 7) is 1.70. The van der Waals surface area contributed by atoms with Crippen LogP contribution in [0.3, 0.4) is 0 Å². The van der Waals surface area contributed by atoms with Crippen LogP contribution in [0.25, 0.3) is 0 Å². The van der Waals surface area contributed by atoms with E-state index in [1.165, 1.54) is 12.1 Å². The first-order valence-corrected chi connectivity index (χ1v) is 5.61. The van der Waals surface area contributed by atoms with Crippen LogP contribution in [0, 0.1) is 25.1 Å². The molecule has 1 aromatic rings. The molecule has 0 aliphatic rings. The number of aliphatic imine (C=N–C) groups is 1. The molecule has 0 heterocycles. The van der Waals surface area contributed by atoms with Gasteiger partial charge in [0, 0.05) is 0 Å². The number of aryl methyl sites for hydroxylation is 1. The summed E-state index contributed by atoms with van der Waals surface area (Å²) in [7, 11) is 0. The van der Waals surface area contributed by atoms with E-state index in [1.54, 1.807) is 6.92 Å². The van der Waals surface area contributed by atoms with Crippen LogP contribution in [0.1, 0.15) is 5.56 Å². The zero-order chi connectivity index (χ0) is 12.1. The van der Waals surface area contributed by atoms with E-state index >= 15 is 0 Å². The van der Waals surface area contributed by atoms with Crippen LogP contribution >= 0.6 is 23.4 Å². The molecule has 82 valence electrons. The van der Waals surface area contributed by atoms with Gasteiger partial charge in [-0.1, -0.05) is 17.5 Å². The highest BCUT2D eigenvalue weighted by atomic mass is 35.5. The Kier molecular flexibility index (Phi) is 4.57. The van der Waals surface area contributed by atoms with Crippen molar-refractivity contribution in [2.45, 2.75) is 11.8 Å². The molecule has 0 saturated heterocycles. The molecule has 0 saturated carbocycles. The van der Waals surface area contributed by atoms with Crippen molar-refractivity contribution in [1.29, 1.82) is 0 Å². The van der Waals surface area contributed by atoms with Crippen molar-refractivity contribution in [3.63, 3.8) is 0 Å². The van der Waals surface area contributed by atoms with Gasteiger partial charge >= 0.3 is 0 Å². The molecule has 0 amide bonds. The summed E-state index contributed by atoms with van der Waals surface area (Å²) in [5, 5.41) is 0.294. The summed E-state index contributed by atoms with van der Waals surface area (Å²) < 4.78 is 13.8. The normalized spacial score (nSPS) is 9.38. The Balaban J connectivity index is 3.34. The number of carbonyl (C=O) groups excluding carboxylic acids is 1. The molecule has 0 aromatic heterocycles. The number of halogens is 2. The smallest absolute Gasteiger partial charge is 0.211 e. The number of benzene rings is 1. The van der Waals surface area contributed by atoms with Gasteiger partial charge in [0.25, 0.3) is 0 Å². The van der Waals surface area contributed by atoms with Gasteiger partial charge < -0.3 is 0 Å². The maximum atomic E-state index is 13.8. The highest BCUT2D eigenvalue weighted by molar-refractivity contribution is 7.99. The number of thioether (sulfide) groups is 1. The van der Waals surface area contributed by atoms with Crippen molar-refractivity contribution in [2.24, 2.45) is 4.99 Å². The number of isocyanates is 1. The lowest BCUT2D eigenvalue weighted by molar-refractivity contribution is 0.563. The molecule has 1 rings (SSSR count). The number of hydrogen-bond acceptors (Lipinski definition) is 3. The molecule has 1 aromatic carbocycles. The first-order valence-electron chi connectivity index (χ1n) is 4.24. The minimum Gasteiger partial charge on any atom is -0.211 e. The highest BCUT2D eigenvalue weighted by Gasteiger charge is 2.15. The SMILES string of the molecule is C#CCSc1c(F)c(N=C=O)cc(C)c1Cl. The molecule has 0 bridgehead atoms. The van der Waals surface area contributed by atoms with Gasteiger partial charge in [0.05, 0.1) is 15.7 Å². The number of terminal acetylenes is 1. The minimum absolute atomic E-state index is 0.0728. The molecule has 0 aliphatic heterocycles. The molecular weight excluding hydrogens is 249 g/mol. The van der Waals surface area contributed by atoms with Gasteiger partial charge in [-0.15, -0.1) is 18.2 Å². The predicted octanol–water partition coefficient (Wildman–Crippen LogP) is 3.48. The van der Waals surface area contributed by atoms with Crippen LogP contribution in [-0.2, 0) is 4.79 Å². The Morgan fingerprint density at radius 3 is 2.94 bits per heavy atom. The van der Waals surface area contributed by atoms with E-state index in [2.05, 4.69) is 10.9 Å². The third kappa shape index (κ3) is 2.65. The molecule has 0 atom stereocenters. The minimum atomic E-state index is -0.640. The quantitative estimate of drug-likeness (QED) is 0.358. The number of hydrogen-bond donors (Lipinski definition) is 0. The first kappa shape index (κ1) is 12.8. The summed E-state index contributed by atoms with van der Waals surface area (Å²) in [5.74, 6) is 2.03. The molecule has 0 radical (unpaired) electrons. The van der Waals surface area contributed by atoms with E-state index in [-0.39, 0.29) is 10.6 Å². The van der Waals surface area contributed by atoms with Crippen molar-refractivity contribution in [2.75, 3.05) is 5.75 Å². The third-order valence-corrected chi connectivity index (χ3v) is 3.37. The Morgan fingerprint density at radius 2 is 2.38 bits per heavy atom. The fraction of sp³-hybridized carbons (Fsp3) is 0.182. The molecule has 0 aliphatic carbocycles. The summed E-state index contributed by atoms with van der Waals surface area (Å²) in [4.78, 5) is 13.6. The molecule has 2 nitrogen and oxygen atoms in total. The first-order chi connectivity index (χ1) is 7.61. The zero-order valence-corrected chi connectivity index (χ0v) is 9.95. The van der Waals surface area contributed by atoms with Gasteiger partial charge in [-0.25, -0.2) is 9.18 Å². The molecular formula is C11H7ClFNOS.